The van der Waals surface area contributed by atoms with Gasteiger partial charge < -0.3 is 14.6 Å². The number of thiocarbonyl (C=S) groups is 1. The van der Waals surface area contributed by atoms with Gasteiger partial charge in [0.1, 0.15) is 4.32 Å². The summed E-state index contributed by atoms with van der Waals surface area (Å²) >= 11 is 6.63. The number of rotatable bonds is 5. The summed E-state index contributed by atoms with van der Waals surface area (Å²) in [5, 5.41) is 9.76. The van der Waals surface area contributed by atoms with E-state index in [1.165, 1.54) is 11.8 Å². The van der Waals surface area contributed by atoms with Crippen LogP contribution in [0, 0.1) is 0 Å². The molecule has 0 saturated carbocycles. The Hall–Kier alpha value is -1.57. The number of phenols is 1. The van der Waals surface area contributed by atoms with E-state index >= 15 is 0 Å². The average molecular weight is 365 g/mol. The molecule has 0 unspecified atom stereocenters. The molecule has 1 amide bonds. The minimum atomic E-state index is -0.0912. The first-order valence-electron chi connectivity index (χ1n) is 7.91. The van der Waals surface area contributed by atoms with Crippen LogP contribution in [0.5, 0.6) is 11.5 Å². The number of hydrogen-bond acceptors (Lipinski definition) is 6. The van der Waals surface area contributed by atoms with Gasteiger partial charge in [0.15, 0.2) is 11.5 Å². The third-order valence-corrected chi connectivity index (χ3v) is 5.24. The van der Waals surface area contributed by atoms with Crippen LogP contribution in [0.3, 0.4) is 0 Å². The molecule has 0 aromatic heterocycles. The monoisotopic (exact) mass is 365 g/mol. The second-order valence-corrected chi connectivity index (χ2v) is 7.26. The molecule has 1 atom stereocenters. The fourth-order valence-electron chi connectivity index (χ4n) is 2.69. The number of carbonyl (C=O) groups excluding carboxylic acids is 1. The Morgan fingerprint density at radius 2 is 2.38 bits per heavy atom. The van der Waals surface area contributed by atoms with Crippen molar-refractivity contribution in [1.82, 2.24) is 4.90 Å². The van der Waals surface area contributed by atoms with Crippen molar-refractivity contribution in [3.8, 4) is 11.5 Å². The zero-order valence-electron chi connectivity index (χ0n) is 13.4. The number of nitrogens with zero attached hydrogens (tertiary/aromatic N) is 1. The van der Waals surface area contributed by atoms with Gasteiger partial charge in [-0.25, -0.2) is 0 Å². The fraction of sp³-hybridized carbons (Fsp3) is 0.412. The van der Waals surface area contributed by atoms with E-state index < -0.39 is 0 Å². The second kappa shape index (κ2) is 7.55. The van der Waals surface area contributed by atoms with Gasteiger partial charge in [0, 0.05) is 6.61 Å². The minimum Gasteiger partial charge on any atom is -0.504 e. The van der Waals surface area contributed by atoms with Crippen LogP contribution in [0.2, 0.25) is 0 Å². The van der Waals surface area contributed by atoms with Crippen molar-refractivity contribution in [1.29, 1.82) is 0 Å². The number of amides is 1. The lowest BCUT2D eigenvalue weighted by Gasteiger charge is -2.18. The van der Waals surface area contributed by atoms with Gasteiger partial charge in [-0.1, -0.05) is 30.0 Å². The Morgan fingerprint density at radius 3 is 3.08 bits per heavy atom. The summed E-state index contributed by atoms with van der Waals surface area (Å²) in [4.78, 5) is 14.8. The van der Waals surface area contributed by atoms with Crippen LogP contribution in [0.1, 0.15) is 25.3 Å². The van der Waals surface area contributed by atoms with Gasteiger partial charge in [0.2, 0.25) is 0 Å². The summed E-state index contributed by atoms with van der Waals surface area (Å²) in [6.45, 7) is 3.58. The molecular weight excluding hydrogens is 346 g/mol. The Labute approximate surface area is 150 Å². The maximum Gasteiger partial charge on any atom is 0.266 e. The van der Waals surface area contributed by atoms with Crippen LogP contribution in [-0.4, -0.2) is 46.1 Å². The van der Waals surface area contributed by atoms with Gasteiger partial charge in [-0.05, 0) is 43.5 Å². The largest absolute Gasteiger partial charge is 0.504 e. The van der Waals surface area contributed by atoms with Crippen LogP contribution >= 0.6 is 24.0 Å². The van der Waals surface area contributed by atoms with Crippen LogP contribution in [-0.2, 0) is 9.53 Å². The van der Waals surface area contributed by atoms with Crippen molar-refractivity contribution in [3.05, 3.63) is 28.7 Å². The molecule has 0 spiro atoms. The maximum absolute atomic E-state index is 12.6. The predicted molar refractivity (Wildman–Crippen MR) is 98.1 cm³/mol. The van der Waals surface area contributed by atoms with E-state index in [-0.39, 0.29) is 17.8 Å². The molecular formula is C17H19NO4S2. The Bertz CT molecular complexity index is 683. The highest BCUT2D eigenvalue weighted by molar-refractivity contribution is 8.26. The molecule has 5 nitrogen and oxygen atoms in total. The zero-order chi connectivity index (χ0) is 17.1. The number of aromatic hydroxyl groups is 1. The molecule has 2 saturated heterocycles. The molecule has 3 rings (SSSR count). The third-order valence-electron chi connectivity index (χ3n) is 3.87. The molecule has 7 heteroatoms. The second-order valence-electron chi connectivity index (χ2n) is 5.59. The number of benzene rings is 1. The van der Waals surface area contributed by atoms with E-state index in [1.54, 1.807) is 29.2 Å². The van der Waals surface area contributed by atoms with Gasteiger partial charge in [-0.15, -0.1) is 0 Å². The smallest absolute Gasteiger partial charge is 0.266 e. The third kappa shape index (κ3) is 3.74. The summed E-state index contributed by atoms with van der Waals surface area (Å²) in [6.07, 6.45) is 3.84. The highest BCUT2D eigenvalue weighted by atomic mass is 32.2. The van der Waals surface area contributed by atoms with E-state index in [0.29, 0.717) is 28.1 Å². The lowest BCUT2D eigenvalue weighted by molar-refractivity contribution is -0.123. The number of phenolic OH excluding ortho intramolecular Hbond substituents is 1. The molecule has 24 heavy (non-hydrogen) atoms. The van der Waals surface area contributed by atoms with Crippen molar-refractivity contribution >= 4 is 40.3 Å². The van der Waals surface area contributed by atoms with Crippen LogP contribution in [0.4, 0.5) is 0 Å². The molecule has 2 aliphatic rings. The highest BCUT2D eigenvalue weighted by Gasteiger charge is 2.34. The molecule has 128 valence electrons. The summed E-state index contributed by atoms with van der Waals surface area (Å²) in [5.74, 6) is 0.396. The van der Waals surface area contributed by atoms with Crippen molar-refractivity contribution < 1.29 is 19.4 Å². The van der Waals surface area contributed by atoms with E-state index in [1.807, 2.05) is 6.92 Å². The molecule has 0 aliphatic carbocycles. The number of hydrogen-bond donors (Lipinski definition) is 1. The van der Waals surface area contributed by atoms with Gasteiger partial charge in [-0.2, -0.15) is 0 Å². The Balaban J connectivity index is 1.77. The summed E-state index contributed by atoms with van der Waals surface area (Å²) in [5.41, 5.74) is 0.786. The molecule has 1 aromatic rings. The topological polar surface area (TPSA) is 59.0 Å². The van der Waals surface area contributed by atoms with Crippen molar-refractivity contribution in [2.24, 2.45) is 0 Å². The van der Waals surface area contributed by atoms with Crippen molar-refractivity contribution in [3.63, 3.8) is 0 Å². The van der Waals surface area contributed by atoms with E-state index in [0.717, 1.165) is 25.0 Å². The molecule has 2 heterocycles. The van der Waals surface area contributed by atoms with Gasteiger partial charge >= 0.3 is 0 Å². The standard InChI is InChI=1S/C17H19NO4S2/c1-2-21-14-8-11(5-6-13(14)19)9-15-16(20)18(17(23)24-15)10-12-4-3-7-22-12/h5-6,8-9,12,19H,2-4,7,10H2,1H3/b15-9+/t12-/m0/s1. The van der Waals surface area contributed by atoms with Crippen LogP contribution in [0.25, 0.3) is 6.08 Å². The van der Waals surface area contributed by atoms with Gasteiger partial charge in [0.25, 0.3) is 5.91 Å². The van der Waals surface area contributed by atoms with E-state index in [4.69, 9.17) is 21.7 Å². The lowest BCUT2D eigenvalue weighted by atomic mass is 10.2. The first kappa shape index (κ1) is 17.3. The summed E-state index contributed by atoms with van der Waals surface area (Å²) < 4.78 is 11.5. The maximum atomic E-state index is 12.6. The van der Waals surface area contributed by atoms with Crippen molar-refractivity contribution in [2.45, 2.75) is 25.9 Å². The summed E-state index contributed by atoms with van der Waals surface area (Å²) in [7, 11) is 0. The zero-order valence-corrected chi connectivity index (χ0v) is 15.0. The Kier molecular flexibility index (Phi) is 5.43. The average Bonchev–Trinajstić information content (AvgIpc) is 3.15. The lowest BCUT2D eigenvalue weighted by Crippen LogP contribution is -2.35. The fourth-order valence-corrected chi connectivity index (χ4v) is 3.97. The number of thioether (sulfide) groups is 1. The van der Waals surface area contributed by atoms with Crippen LogP contribution < -0.4 is 4.74 Å². The minimum absolute atomic E-state index is 0.0741. The predicted octanol–water partition coefficient (Wildman–Crippen LogP) is 3.17. The first-order chi connectivity index (χ1) is 11.6. The first-order valence-corrected chi connectivity index (χ1v) is 9.13. The highest BCUT2D eigenvalue weighted by Crippen LogP contribution is 2.35. The Morgan fingerprint density at radius 1 is 1.54 bits per heavy atom. The quantitative estimate of drug-likeness (QED) is 0.639. The molecule has 0 radical (unpaired) electrons. The number of carbonyl (C=O) groups is 1. The molecule has 1 aromatic carbocycles. The molecule has 2 aliphatic heterocycles. The molecule has 2 fully saturated rings. The van der Waals surface area contributed by atoms with E-state index in [9.17, 15) is 9.90 Å². The summed E-state index contributed by atoms with van der Waals surface area (Å²) in [6, 6.07) is 5.01. The van der Waals surface area contributed by atoms with Gasteiger partial charge in [0.05, 0.1) is 24.2 Å². The SMILES string of the molecule is CCOc1cc(/C=C2/SC(=S)N(C[C@@H]3CCCO3)C2=O)ccc1O. The molecule has 0 bridgehead atoms. The normalized spacial score (nSPS) is 22.6. The van der Waals surface area contributed by atoms with Crippen molar-refractivity contribution in [2.75, 3.05) is 19.8 Å². The number of ether oxygens (including phenoxy) is 2. The van der Waals surface area contributed by atoms with Gasteiger partial charge in [-0.3, -0.25) is 9.69 Å². The van der Waals surface area contributed by atoms with E-state index in [2.05, 4.69) is 0 Å². The molecule has 1 N–H and O–H groups in total. The van der Waals surface area contributed by atoms with Crippen LogP contribution in [0.15, 0.2) is 23.1 Å².